The maximum atomic E-state index is 6.34. The van der Waals surface area contributed by atoms with E-state index in [1.165, 1.54) is 44.6 Å². The van der Waals surface area contributed by atoms with Crippen molar-refractivity contribution in [2.75, 3.05) is 0 Å². The lowest BCUT2D eigenvalue weighted by atomic mass is 9.68. The van der Waals surface area contributed by atoms with E-state index in [1.807, 2.05) is 36.4 Å². The fourth-order valence-corrected chi connectivity index (χ4v) is 6.87. The number of hydrogen-bond acceptors (Lipinski definition) is 1. The van der Waals surface area contributed by atoms with Crippen molar-refractivity contribution in [2.45, 2.75) is 45.2 Å². The van der Waals surface area contributed by atoms with Crippen molar-refractivity contribution >= 4 is 52.5 Å². The Labute approximate surface area is 246 Å². The molecule has 1 N–H and O–H groups in total. The average molecular weight is 573 g/mol. The van der Waals surface area contributed by atoms with Crippen LogP contribution in [-0.2, 0) is 0 Å². The van der Waals surface area contributed by atoms with Gasteiger partial charge in [-0.25, -0.2) is 0 Å². The van der Waals surface area contributed by atoms with Gasteiger partial charge in [0.25, 0.3) is 0 Å². The third-order valence-corrected chi connectivity index (χ3v) is 8.85. The topological polar surface area (TPSA) is 12.0 Å². The molecule has 1 aliphatic heterocycles. The highest BCUT2D eigenvalue weighted by Crippen LogP contribution is 2.48. The summed E-state index contributed by atoms with van der Waals surface area (Å²) in [5, 5.41) is 6.42. The Morgan fingerprint density at radius 3 is 1.72 bits per heavy atom. The first-order valence-electron chi connectivity index (χ1n) is 13.7. The highest BCUT2D eigenvalue weighted by Gasteiger charge is 2.40. The number of nitrogens with one attached hydrogen (secondary N) is 1. The number of rotatable bonds is 3. The molecular weight excluding hydrogens is 541 g/mol. The molecule has 2 aliphatic carbocycles. The Bertz CT molecular complexity index is 1490. The number of hydrogen-bond donors (Lipinski definition) is 1. The van der Waals surface area contributed by atoms with Crippen LogP contribution in [0.25, 0.3) is 17.7 Å². The molecule has 3 aromatic carbocycles. The van der Waals surface area contributed by atoms with Gasteiger partial charge in [-0.2, -0.15) is 0 Å². The summed E-state index contributed by atoms with van der Waals surface area (Å²) in [6.07, 6.45) is 10.4. The highest BCUT2D eigenvalue weighted by molar-refractivity contribution is 6.31. The van der Waals surface area contributed by atoms with Crippen LogP contribution >= 0.6 is 34.8 Å². The zero-order valence-corrected chi connectivity index (χ0v) is 24.5. The Kier molecular flexibility index (Phi) is 7.62. The molecule has 1 nitrogen and oxygen atoms in total. The van der Waals surface area contributed by atoms with Crippen molar-refractivity contribution in [1.82, 2.24) is 5.32 Å². The minimum absolute atomic E-state index is 0.137. The van der Waals surface area contributed by atoms with Crippen molar-refractivity contribution in [1.29, 1.82) is 0 Å². The maximum absolute atomic E-state index is 6.34. The van der Waals surface area contributed by atoms with Crippen LogP contribution in [0.3, 0.4) is 0 Å². The minimum Gasteiger partial charge on any atom is -0.296 e. The van der Waals surface area contributed by atoms with Gasteiger partial charge >= 0.3 is 0 Å². The SMILES string of the molecule is CC1C=C2C(c3ccc(Cl)cc3)=C3CC(C)CC(=Cc4ccc(Cl)cc4)C3NC2C(=Cc2ccc(Cl)cc2)C1. The Morgan fingerprint density at radius 1 is 0.641 bits per heavy atom. The van der Waals surface area contributed by atoms with Gasteiger partial charge in [0.05, 0.1) is 12.1 Å². The Balaban J connectivity index is 1.52. The summed E-state index contributed by atoms with van der Waals surface area (Å²) in [5.41, 5.74) is 10.7. The molecule has 0 bridgehead atoms. The molecule has 0 radical (unpaired) electrons. The third kappa shape index (κ3) is 5.70. The van der Waals surface area contributed by atoms with Crippen LogP contribution in [-0.4, -0.2) is 12.1 Å². The smallest absolute Gasteiger partial charge is 0.0549 e. The number of allylic oxidation sites excluding steroid dienone is 1. The number of benzene rings is 3. The largest absolute Gasteiger partial charge is 0.296 e. The first kappa shape index (κ1) is 26.7. The molecule has 4 unspecified atom stereocenters. The van der Waals surface area contributed by atoms with Gasteiger partial charge in [-0.15, -0.1) is 0 Å². The molecule has 0 saturated heterocycles. The van der Waals surface area contributed by atoms with Crippen LogP contribution < -0.4 is 5.32 Å². The summed E-state index contributed by atoms with van der Waals surface area (Å²) in [5.74, 6) is 1.00. The Hall–Kier alpha value is -2.55. The molecular formula is C35H32Cl3N. The van der Waals surface area contributed by atoms with Gasteiger partial charge in [0.2, 0.25) is 0 Å². The van der Waals surface area contributed by atoms with E-state index in [4.69, 9.17) is 34.8 Å². The van der Waals surface area contributed by atoms with Crippen molar-refractivity contribution in [2.24, 2.45) is 11.8 Å². The molecule has 3 aliphatic rings. The predicted octanol–water partition coefficient (Wildman–Crippen LogP) is 10.3. The van der Waals surface area contributed by atoms with E-state index < -0.39 is 0 Å². The summed E-state index contributed by atoms with van der Waals surface area (Å²) < 4.78 is 0. The van der Waals surface area contributed by atoms with Crippen molar-refractivity contribution in [3.63, 3.8) is 0 Å². The molecule has 1 fully saturated rings. The zero-order chi connectivity index (χ0) is 27.1. The summed E-state index contributed by atoms with van der Waals surface area (Å²) in [6.45, 7) is 4.69. The van der Waals surface area contributed by atoms with Crippen molar-refractivity contribution in [3.8, 4) is 0 Å². The molecule has 4 heteroatoms. The van der Waals surface area contributed by atoms with E-state index >= 15 is 0 Å². The molecule has 6 rings (SSSR count). The van der Waals surface area contributed by atoms with Crippen molar-refractivity contribution in [3.05, 3.63) is 133 Å². The Morgan fingerprint density at radius 2 is 1.15 bits per heavy atom. The summed E-state index contributed by atoms with van der Waals surface area (Å²) in [6, 6.07) is 25.0. The summed E-state index contributed by atoms with van der Waals surface area (Å²) in [4.78, 5) is 0. The van der Waals surface area contributed by atoms with Crippen LogP contribution in [0.2, 0.25) is 15.1 Å². The second-order valence-electron chi connectivity index (χ2n) is 11.3. The fraction of sp³-hybridized carbons (Fsp3) is 0.257. The summed E-state index contributed by atoms with van der Waals surface area (Å²) >= 11 is 18.7. The second kappa shape index (κ2) is 11.1. The van der Waals surface area contributed by atoms with Crippen LogP contribution in [0.1, 0.15) is 49.8 Å². The molecule has 0 aromatic heterocycles. The third-order valence-electron chi connectivity index (χ3n) is 8.10. The lowest BCUT2D eigenvalue weighted by Gasteiger charge is -2.46. The van der Waals surface area contributed by atoms with E-state index in [2.05, 4.69) is 73.8 Å². The molecule has 1 heterocycles. The van der Waals surface area contributed by atoms with Gasteiger partial charge in [0.15, 0.2) is 0 Å². The predicted molar refractivity (Wildman–Crippen MR) is 168 cm³/mol. The fourth-order valence-electron chi connectivity index (χ4n) is 6.49. The molecule has 4 atom stereocenters. The first-order valence-corrected chi connectivity index (χ1v) is 14.9. The number of fused-ring (bicyclic) bond motifs is 2. The van der Waals surface area contributed by atoms with Crippen LogP contribution in [0.5, 0.6) is 0 Å². The van der Waals surface area contributed by atoms with Gasteiger partial charge < -0.3 is 0 Å². The van der Waals surface area contributed by atoms with Crippen LogP contribution in [0.15, 0.2) is 101 Å². The number of halogens is 3. The van der Waals surface area contributed by atoms with E-state index in [1.54, 1.807) is 0 Å². The molecule has 0 amide bonds. The molecule has 1 saturated carbocycles. The van der Waals surface area contributed by atoms with Gasteiger partial charge in [0, 0.05) is 15.1 Å². The molecule has 0 spiro atoms. The zero-order valence-electron chi connectivity index (χ0n) is 22.2. The van der Waals surface area contributed by atoms with Crippen molar-refractivity contribution < 1.29 is 0 Å². The lowest BCUT2D eigenvalue weighted by Crippen LogP contribution is -2.50. The summed E-state index contributed by atoms with van der Waals surface area (Å²) in [7, 11) is 0. The van der Waals surface area contributed by atoms with E-state index in [0.29, 0.717) is 11.8 Å². The van der Waals surface area contributed by atoms with Crippen LogP contribution in [0, 0.1) is 11.8 Å². The minimum atomic E-state index is 0.137. The molecule has 3 aromatic rings. The maximum Gasteiger partial charge on any atom is 0.0549 e. The lowest BCUT2D eigenvalue weighted by molar-refractivity contribution is 0.431. The van der Waals surface area contributed by atoms with E-state index in [0.717, 1.165) is 34.3 Å². The van der Waals surface area contributed by atoms with Gasteiger partial charge in [-0.1, -0.05) is 103 Å². The van der Waals surface area contributed by atoms with Gasteiger partial charge in [0.1, 0.15) is 0 Å². The monoisotopic (exact) mass is 571 g/mol. The average Bonchev–Trinajstić information content (AvgIpc) is 2.91. The van der Waals surface area contributed by atoms with E-state index in [9.17, 15) is 0 Å². The second-order valence-corrected chi connectivity index (χ2v) is 12.6. The molecule has 198 valence electrons. The standard InChI is InChI=1S/C35H32Cl3N/c1-21-15-26(19-23-3-9-28(36)10-4-23)34-31(17-21)33(25-7-13-30(38)14-8-25)32-18-22(2)16-27(35(32)39-34)20-24-5-11-29(37)12-6-24/h3-14,17,19-22,34-35,39H,15-16,18H2,1-2H3. The first-order chi connectivity index (χ1) is 18.8. The van der Waals surface area contributed by atoms with Gasteiger partial charge in [-0.3, -0.25) is 5.32 Å². The molecule has 39 heavy (non-hydrogen) atoms. The normalized spacial score (nSPS) is 26.8. The van der Waals surface area contributed by atoms with Gasteiger partial charge in [-0.05, 0) is 112 Å². The quantitative estimate of drug-likeness (QED) is 0.329. The highest BCUT2D eigenvalue weighted by atomic mass is 35.5. The van der Waals surface area contributed by atoms with E-state index in [-0.39, 0.29) is 12.1 Å². The van der Waals surface area contributed by atoms with Crippen LogP contribution in [0.4, 0.5) is 0 Å².